The number of aromatic amines is 1. The number of rotatable bonds is 7. The zero-order valence-electron chi connectivity index (χ0n) is 17.7. The van der Waals surface area contributed by atoms with Crippen molar-refractivity contribution in [2.24, 2.45) is 0 Å². The second kappa shape index (κ2) is 7.99. The highest BCUT2D eigenvalue weighted by molar-refractivity contribution is 6.30. The minimum Gasteiger partial charge on any atom is -0.378 e. The summed E-state index contributed by atoms with van der Waals surface area (Å²) in [6.45, 7) is 0.657. The Hall–Kier alpha value is -3.31. The Bertz CT molecular complexity index is 1410. The van der Waals surface area contributed by atoms with Crippen LogP contribution >= 0.6 is 11.6 Å². The fraction of sp³-hybridized carbons (Fsp3) is 0.231. The van der Waals surface area contributed by atoms with Gasteiger partial charge in [-0.1, -0.05) is 35.9 Å². The molecule has 6 rings (SSSR count). The number of pyridine rings is 1. The maximum absolute atomic E-state index is 6.11. The summed E-state index contributed by atoms with van der Waals surface area (Å²) in [5.41, 5.74) is 7.67. The Kier molecular flexibility index (Phi) is 4.84. The third-order valence-corrected chi connectivity index (χ3v) is 6.37. The van der Waals surface area contributed by atoms with Crippen LogP contribution in [0.2, 0.25) is 5.02 Å². The van der Waals surface area contributed by atoms with Crippen LogP contribution in [-0.2, 0) is 19.4 Å². The van der Waals surface area contributed by atoms with Crippen LogP contribution in [0.15, 0.2) is 67.0 Å². The molecule has 160 valence electrons. The molecule has 2 aromatic carbocycles. The molecular weight excluding hydrogens is 418 g/mol. The van der Waals surface area contributed by atoms with Crippen molar-refractivity contribution in [3.63, 3.8) is 0 Å². The molecule has 5 aromatic rings. The number of nitrogens with one attached hydrogen (secondary N) is 2. The quantitative estimate of drug-likeness (QED) is 0.319. The lowest BCUT2D eigenvalue weighted by molar-refractivity contribution is 0.890. The number of fused-ring (bicyclic) bond motifs is 2. The first kappa shape index (κ1) is 19.4. The van der Waals surface area contributed by atoms with Gasteiger partial charge in [-0.15, -0.1) is 0 Å². The highest BCUT2D eigenvalue weighted by Gasteiger charge is 2.23. The van der Waals surface area contributed by atoms with E-state index in [1.165, 1.54) is 24.0 Å². The van der Waals surface area contributed by atoms with E-state index < -0.39 is 0 Å². The predicted octanol–water partition coefficient (Wildman–Crippen LogP) is 6.14. The van der Waals surface area contributed by atoms with E-state index in [4.69, 9.17) is 21.6 Å². The zero-order chi connectivity index (χ0) is 21.5. The molecular formula is C26H24ClN5. The highest BCUT2D eigenvalue weighted by atomic mass is 35.5. The van der Waals surface area contributed by atoms with Crippen LogP contribution in [0, 0.1) is 0 Å². The van der Waals surface area contributed by atoms with Gasteiger partial charge in [-0.2, -0.15) is 0 Å². The van der Waals surface area contributed by atoms with E-state index in [0.717, 1.165) is 57.7 Å². The number of para-hydroxylation sites is 1. The predicted molar refractivity (Wildman–Crippen MR) is 129 cm³/mol. The van der Waals surface area contributed by atoms with E-state index in [1.54, 1.807) is 0 Å². The maximum Gasteiger partial charge on any atom is 0.137 e. The van der Waals surface area contributed by atoms with E-state index >= 15 is 0 Å². The van der Waals surface area contributed by atoms with Gasteiger partial charge in [0, 0.05) is 23.8 Å². The van der Waals surface area contributed by atoms with Crippen molar-refractivity contribution >= 4 is 34.0 Å². The lowest BCUT2D eigenvalue weighted by Crippen LogP contribution is -2.00. The molecule has 1 fully saturated rings. The zero-order valence-corrected chi connectivity index (χ0v) is 18.4. The molecule has 0 spiro atoms. The summed E-state index contributed by atoms with van der Waals surface area (Å²) >= 11 is 6.11. The molecule has 2 N–H and O–H groups in total. The average Bonchev–Trinajstić information content (AvgIpc) is 3.43. The van der Waals surface area contributed by atoms with Gasteiger partial charge in [-0.25, -0.2) is 9.97 Å². The van der Waals surface area contributed by atoms with Crippen molar-refractivity contribution in [1.29, 1.82) is 0 Å². The Balaban J connectivity index is 1.18. The Morgan fingerprint density at radius 3 is 2.78 bits per heavy atom. The minimum atomic E-state index is 0.657. The maximum atomic E-state index is 6.11. The monoisotopic (exact) mass is 441 g/mol. The average molecular weight is 442 g/mol. The molecule has 0 radical (unpaired) electrons. The van der Waals surface area contributed by atoms with E-state index in [1.807, 2.05) is 18.2 Å². The van der Waals surface area contributed by atoms with Crippen LogP contribution in [0.25, 0.3) is 16.7 Å². The number of halogens is 1. The van der Waals surface area contributed by atoms with Crippen molar-refractivity contribution in [3.8, 4) is 0 Å². The summed E-state index contributed by atoms with van der Waals surface area (Å²) in [7, 11) is 0. The second-order valence-electron chi connectivity index (χ2n) is 8.60. The molecule has 32 heavy (non-hydrogen) atoms. The first-order chi connectivity index (χ1) is 15.7. The number of hydrogen-bond donors (Lipinski definition) is 2. The topological polar surface area (TPSA) is 58.0 Å². The van der Waals surface area contributed by atoms with Crippen LogP contribution in [0.1, 0.15) is 41.4 Å². The first-order valence-electron chi connectivity index (χ1n) is 11.1. The molecule has 0 bridgehead atoms. The summed E-state index contributed by atoms with van der Waals surface area (Å²) in [5, 5.41) is 4.31. The molecule has 0 unspecified atom stereocenters. The smallest absolute Gasteiger partial charge is 0.137 e. The third-order valence-electron chi connectivity index (χ3n) is 6.13. The number of H-pyrrole nitrogens is 1. The molecule has 1 aliphatic rings. The van der Waals surface area contributed by atoms with Crippen LogP contribution in [0.5, 0.6) is 0 Å². The summed E-state index contributed by atoms with van der Waals surface area (Å²) in [6, 6.07) is 18.5. The van der Waals surface area contributed by atoms with Gasteiger partial charge in [0.2, 0.25) is 0 Å². The number of benzene rings is 2. The lowest BCUT2D eigenvalue weighted by Gasteiger charge is -2.04. The van der Waals surface area contributed by atoms with Gasteiger partial charge in [-0.05, 0) is 66.6 Å². The van der Waals surface area contributed by atoms with E-state index in [0.29, 0.717) is 6.54 Å². The lowest BCUT2D eigenvalue weighted by atomic mass is 10.1. The van der Waals surface area contributed by atoms with Crippen molar-refractivity contribution in [2.45, 2.75) is 38.1 Å². The van der Waals surface area contributed by atoms with Gasteiger partial charge >= 0.3 is 0 Å². The fourth-order valence-electron chi connectivity index (χ4n) is 4.29. The van der Waals surface area contributed by atoms with E-state index in [2.05, 4.69) is 63.5 Å². The largest absolute Gasteiger partial charge is 0.378 e. The van der Waals surface area contributed by atoms with Crippen molar-refractivity contribution < 1.29 is 0 Å². The number of anilines is 1. The number of imidazole rings is 2. The number of aromatic nitrogens is 4. The van der Waals surface area contributed by atoms with Gasteiger partial charge in [0.1, 0.15) is 17.0 Å². The first-order valence-corrected chi connectivity index (χ1v) is 11.5. The standard InChI is InChI=1S/C26H24ClN5/c27-20-4-1-3-17(13-20)7-11-24-30-23-6-2-5-22(26(23)31-24)28-14-21-16-32-15-19(18-8-9-18)10-12-25(32)29-21/h1-6,10,12-13,15-16,18,28H,7-9,11,14H2,(H,30,31). The molecule has 3 aromatic heterocycles. The normalized spacial score (nSPS) is 13.8. The SMILES string of the molecule is Clc1cccc(CCc2nc3c(NCc4cn5cc(C6CC6)ccc5n4)cccc3[nH]2)c1. The Morgan fingerprint density at radius 1 is 1.00 bits per heavy atom. The summed E-state index contributed by atoms with van der Waals surface area (Å²) in [5.74, 6) is 1.73. The molecule has 0 aliphatic heterocycles. The molecule has 3 heterocycles. The molecule has 0 atom stereocenters. The van der Waals surface area contributed by atoms with Crippen LogP contribution in [0.3, 0.4) is 0 Å². The Morgan fingerprint density at radius 2 is 1.91 bits per heavy atom. The van der Waals surface area contributed by atoms with Gasteiger partial charge in [0.05, 0.1) is 23.4 Å². The van der Waals surface area contributed by atoms with Gasteiger partial charge < -0.3 is 14.7 Å². The van der Waals surface area contributed by atoms with E-state index in [-0.39, 0.29) is 0 Å². The van der Waals surface area contributed by atoms with Gasteiger partial charge in [-0.3, -0.25) is 0 Å². The van der Waals surface area contributed by atoms with Crippen LogP contribution in [0.4, 0.5) is 5.69 Å². The van der Waals surface area contributed by atoms with Crippen molar-refractivity contribution in [2.75, 3.05) is 5.32 Å². The number of hydrogen-bond acceptors (Lipinski definition) is 3. The minimum absolute atomic E-state index is 0.657. The number of nitrogens with zero attached hydrogens (tertiary/aromatic N) is 3. The van der Waals surface area contributed by atoms with E-state index in [9.17, 15) is 0 Å². The summed E-state index contributed by atoms with van der Waals surface area (Å²) in [4.78, 5) is 13.1. The second-order valence-corrected chi connectivity index (χ2v) is 9.04. The molecule has 1 saturated carbocycles. The Labute approximate surface area is 191 Å². The van der Waals surface area contributed by atoms with Crippen molar-refractivity contribution in [3.05, 3.63) is 94.7 Å². The molecule has 6 heteroatoms. The fourth-order valence-corrected chi connectivity index (χ4v) is 4.50. The van der Waals surface area contributed by atoms with Crippen LogP contribution in [-0.4, -0.2) is 19.4 Å². The third kappa shape index (κ3) is 3.96. The molecule has 5 nitrogen and oxygen atoms in total. The molecule has 1 aliphatic carbocycles. The molecule has 0 amide bonds. The molecule has 0 saturated heterocycles. The highest BCUT2D eigenvalue weighted by Crippen LogP contribution is 2.39. The van der Waals surface area contributed by atoms with Crippen LogP contribution < -0.4 is 5.32 Å². The van der Waals surface area contributed by atoms with Gasteiger partial charge in [0.25, 0.3) is 0 Å². The van der Waals surface area contributed by atoms with Gasteiger partial charge in [0.15, 0.2) is 0 Å². The summed E-state index contributed by atoms with van der Waals surface area (Å²) in [6.07, 6.45) is 8.70. The number of aryl methyl sites for hydroxylation is 2. The van der Waals surface area contributed by atoms with Crippen molar-refractivity contribution in [1.82, 2.24) is 19.4 Å². The summed E-state index contributed by atoms with van der Waals surface area (Å²) < 4.78 is 2.15.